The molecule has 0 unspecified atom stereocenters. The number of hydrogen-bond acceptors (Lipinski definition) is 5. The van der Waals surface area contributed by atoms with Gasteiger partial charge in [0.05, 0.1) is 12.5 Å². The molecule has 0 aliphatic heterocycles. The third kappa shape index (κ3) is 4.47. The summed E-state index contributed by atoms with van der Waals surface area (Å²) >= 11 is 0. The molecule has 0 spiro atoms. The molecule has 6 nitrogen and oxygen atoms in total. The van der Waals surface area contributed by atoms with E-state index in [0.717, 1.165) is 29.5 Å². The highest BCUT2D eigenvalue weighted by atomic mass is 16.5. The quantitative estimate of drug-likeness (QED) is 0.320. The fraction of sp³-hybridized carbons (Fsp3) is 0.207. The zero-order valence-electron chi connectivity index (χ0n) is 19.9. The van der Waals surface area contributed by atoms with Crippen molar-refractivity contribution in [1.82, 2.24) is 5.16 Å². The third-order valence-electron chi connectivity index (χ3n) is 6.20. The maximum atomic E-state index is 12.1. The first-order valence-corrected chi connectivity index (χ1v) is 11.6. The molecule has 0 radical (unpaired) electrons. The lowest BCUT2D eigenvalue weighted by Gasteiger charge is -2.13. The van der Waals surface area contributed by atoms with E-state index in [1.54, 1.807) is 12.1 Å². The van der Waals surface area contributed by atoms with Crippen molar-refractivity contribution in [3.8, 4) is 33.7 Å². The number of rotatable bonds is 6. The molecular weight excluding hydrogens is 442 g/mol. The highest BCUT2D eigenvalue weighted by Crippen LogP contribution is 2.49. The SMILES string of the molecule is CC.COC(=O)C1(c2ccc(-c3ccc(-c4onc(-c5ccccc5)c4C(=O)O)cc3)cc2)CC1. The van der Waals surface area contributed by atoms with Crippen LogP contribution in [-0.4, -0.2) is 29.3 Å². The Morgan fingerprint density at radius 1 is 0.829 bits per heavy atom. The number of esters is 1. The topological polar surface area (TPSA) is 89.6 Å². The van der Waals surface area contributed by atoms with Gasteiger partial charge in [-0.15, -0.1) is 0 Å². The number of carbonyl (C=O) groups is 2. The van der Waals surface area contributed by atoms with Crippen molar-refractivity contribution >= 4 is 11.9 Å². The monoisotopic (exact) mass is 469 g/mol. The standard InChI is InChI=1S/C27H21NO5.C2H6/c1-32-26(31)27(15-16-27)21-13-11-18(12-14-21)17-7-9-20(10-8-17)24-22(25(29)30)23(28-33-24)19-5-3-2-4-6-19;1-2/h2-14H,15-16H2,1H3,(H,29,30);1-2H3. The number of methoxy groups -OCH3 is 1. The lowest BCUT2D eigenvalue weighted by molar-refractivity contribution is -0.143. The Bertz CT molecular complexity index is 1320. The van der Waals surface area contributed by atoms with Gasteiger partial charge in [-0.25, -0.2) is 4.79 Å². The Kier molecular flexibility index (Phi) is 6.82. The molecule has 0 bridgehead atoms. The van der Waals surface area contributed by atoms with Gasteiger partial charge >= 0.3 is 11.9 Å². The lowest BCUT2D eigenvalue weighted by atomic mass is 9.93. The van der Waals surface area contributed by atoms with Gasteiger partial charge in [-0.2, -0.15) is 0 Å². The number of benzene rings is 3. The van der Waals surface area contributed by atoms with Crippen molar-refractivity contribution in [3.63, 3.8) is 0 Å². The Labute approximate surface area is 204 Å². The molecule has 5 rings (SSSR count). The van der Waals surface area contributed by atoms with Crippen LogP contribution in [0.2, 0.25) is 0 Å². The molecule has 1 aliphatic rings. The van der Waals surface area contributed by atoms with E-state index in [1.165, 1.54) is 7.11 Å². The van der Waals surface area contributed by atoms with Crippen LogP contribution in [0.4, 0.5) is 0 Å². The summed E-state index contributed by atoms with van der Waals surface area (Å²) in [6, 6.07) is 24.5. The lowest BCUT2D eigenvalue weighted by Crippen LogP contribution is -2.21. The summed E-state index contributed by atoms with van der Waals surface area (Å²) in [5.41, 5.74) is 4.09. The molecule has 0 saturated heterocycles. The molecule has 1 N–H and O–H groups in total. The van der Waals surface area contributed by atoms with E-state index in [2.05, 4.69) is 5.16 Å². The molecule has 0 amide bonds. The molecule has 6 heteroatoms. The zero-order valence-corrected chi connectivity index (χ0v) is 19.9. The number of carbonyl (C=O) groups excluding carboxylic acids is 1. The second kappa shape index (κ2) is 9.97. The maximum Gasteiger partial charge on any atom is 0.342 e. The number of hydrogen-bond donors (Lipinski definition) is 1. The van der Waals surface area contributed by atoms with Gasteiger partial charge in [-0.05, 0) is 29.5 Å². The number of aromatic carboxylic acids is 1. The highest BCUT2D eigenvalue weighted by Gasteiger charge is 2.52. The summed E-state index contributed by atoms with van der Waals surface area (Å²) < 4.78 is 10.4. The van der Waals surface area contributed by atoms with Crippen LogP contribution in [0, 0.1) is 0 Å². The van der Waals surface area contributed by atoms with Crippen molar-refractivity contribution in [2.45, 2.75) is 32.1 Å². The third-order valence-corrected chi connectivity index (χ3v) is 6.20. The van der Waals surface area contributed by atoms with Gasteiger partial charge in [-0.1, -0.05) is 97.9 Å². The Hall–Kier alpha value is -4.19. The van der Waals surface area contributed by atoms with Crippen LogP contribution in [0.5, 0.6) is 0 Å². The minimum Gasteiger partial charge on any atom is -0.477 e. The Morgan fingerprint density at radius 3 is 1.89 bits per heavy atom. The van der Waals surface area contributed by atoms with Crippen LogP contribution < -0.4 is 0 Å². The van der Waals surface area contributed by atoms with Crippen LogP contribution in [-0.2, 0) is 14.9 Å². The van der Waals surface area contributed by atoms with Crippen molar-refractivity contribution < 1.29 is 24.0 Å². The number of ether oxygens (including phenoxy) is 1. The zero-order chi connectivity index (χ0) is 25.0. The van der Waals surface area contributed by atoms with Gasteiger partial charge in [-0.3, -0.25) is 4.79 Å². The van der Waals surface area contributed by atoms with Crippen molar-refractivity contribution in [3.05, 3.63) is 90.0 Å². The molecule has 1 fully saturated rings. The van der Waals surface area contributed by atoms with Gasteiger partial charge in [0.25, 0.3) is 0 Å². The van der Waals surface area contributed by atoms with E-state index < -0.39 is 11.4 Å². The summed E-state index contributed by atoms with van der Waals surface area (Å²) in [5, 5.41) is 13.8. The molecule has 1 aliphatic carbocycles. The van der Waals surface area contributed by atoms with Gasteiger partial charge in [0.15, 0.2) is 5.76 Å². The molecule has 1 heterocycles. The maximum absolute atomic E-state index is 12.1. The van der Waals surface area contributed by atoms with Gasteiger partial charge in [0, 0.05) is 11.1 Å². The molecule has 4 aromatic rings. The van der Waals surface area contributed by atoms with Gasteiger partial charge in [0.2, 0.25) is 0 Å². The molecule has 1 saturated carbocycles. The minimum absolute atomic E-state index is 0.0378. The summed E-state index contributed by atoms with van der Waals surface area (Å²) in [4.78, 5) is 24.1. The second-order valence-corrected chi connectivity index (χ2v) is 8.13. The van der Waals surface area contributed by atoms with E-state index in [-0.39, 0.29) is 17.3 Å². The van der Waals surface area contributed by atoms with Gasteiger partial charge in [0.1, 0.15) is 11.3 Å². The van der Waals surface area contributed by atoms with E-state index in [1.807, 2.05) is 80.6 Å². The van der Waals surface area contributed by atoms with Crippen LogP contribution in [0.3, 0.4) is 0 Å². The van der Waals surface area contributed by atoms with E-state index >= 15 is 0 Å². The second-order valence-electron chi connectivity index (χ2n) is 8.13. The van der Waals surface area contributed by atoms with E-state index in [4.69, 9.17) is 9.26 Å². The molecule has 35 heavy (non-hydrogen) atoms. The fourth-order valence-electron chi connectivity index (χ4n) is 4.21. The minimum atomic E-state index is -1.09. The first-order chi connectivity index (χ1) is 17.0. The number of nitrogens with zero attached hydrogens (tertiary/aromatic N) is 1. The van der Waals surface area contributed by atoms with Gasteiger partial charge < -0.3 is 14.4 Å². The Morgan fingerprint density at radius 2 is 1.37 bits per heavy atom. The van der Waals surface area contributed by atoms with Crippen LogP contribution >= 0.6 is 0 Å². The average Bonchev–Trinajstić information content (AvgIpc) is 3.61. The number of carboxylic acid groups (broad SMARTS) is 1. The van der Waals surface area contributed by atoms with Crippen molar-refractivity contribution in [2.24, 2.45) is 0 Å². The molecule has 178 valence electrons. The smallest absolute Gasteiger partial charge is 0.342 e. The predicted molar refractivity (Wildman–Crippen MR) is 134 cm³/mol. The summed E-state index contributed by atoms with van der Waals surface area (Å²) in [6.07, 6.45) is 1.61. The average molecular weight is 470 g/mol. The summed E-state index contributed by atoms with van der Waals surface area (Å²) in [7, 11) is 1.42. The van der Waals surface area contributed by atoms with E-state index in [0.29, 0.717) is 16.8 Å². The summed E-state index contributed by atoms with van der Waals surface area (Å²) in [6.45, 7) is 4.00. The number of carboxylic acids is 1. The molecular formula is C29H27NO5. The van der Waals surface area contributed by atoms with Crippen LogP contribution in [0.1, 0.15) is 42.6 Å². The molecule has 1 aromatic heterocycles. The molecule has 0 atom stereocenters. The Balaban J connectivity index is 0.00000141. The number of aromatic nitrogens is 1. The largest absolute Gasteiger partial charge is 0.477 e. The summed E-state index contributed by atoms with van der Waals surface area (Å²) in [5.74, 6) is -1.06. The van der Waals surface area contributed by atoms with Crippen LogP contribution in [0.15, 0.2) is 83.4 Å². The normalized spacial score (nSPS) is 13.3. The highest BCUT2D eigenvalue weighted by molar-refractivity contribution is 6.00. The van der Waals surface area contributed by atoms with Crippen molar-refractivity contribution in [2.75, 3.05) is 7.11 Å². The van der Waals surface area contributed by atoms with Crippen LogP contribution in [0.25, 0.3) is 33.7 Å². The van der Waals surface area contributed by atoms with E-state index in [9.17, 15) is 14.7 Å². The fourth-order valence-corrected chi connectivity index (χ4v) is 4.21. The molecule has 3 aromatic carbocycles. The first kappa shape index (κ1) is 24.0. The van der Waals surface area contributed by atoms with Crippen molar-refractivity contribution in [1.29, 1.82) is 0 Å². The predicted octanol–water partition coefficient (Wildman–Crippen LogP) is 6.60. The first-order valence-electron chi connectivity index (χ1n) is 11.6.